The molecule has 32 heavy (non-hydrogen) atoms. The fourth-order valence-electron chi connectivity index (χ4n) is 5.25. The molecular formula is C25H39N3O4. The lowest BCUT2D eigenvalue weighted by molar-refractivity contribution is -0.293. The smallest absolute Gasteiger partial charge is 0.227 e. The average Bonchev–Trinajstić information content (AvgIpc) is 2.71. The van der Waals surface area contributed by atoms with Gasteiger partial charge in [0.15, 0.2) is 5.79 Å². The van der Waals surface area contributed by atoms with Crippen molar-refractivity contribution in [3.05, 3.63) is 29.8 Å². The number of nitrogens with one attached hydrogen (secondary N) is 1. The van der Waals surface area contributed by atoms with Crippen LogP contribution >= 0.6 is 0 Å². The molecular weight excluding hydrogens is 406 g/mol. The minimum Gasteiger partial charge on any atom is -0.349 e. The Bertz CT molecular complexity index is 751. The Kier molecular flexibility index (Phi) is 8.68. The number of likely N-dealkylation sites (tertiary alicyclic amines) is 1. The van der Waals surface area contributed by atoms with E-state index in [0.29, 0.717) is 26.2 Å². The van der Waals surface area contributed by atoms with E-state index in [0.717, 1.165) is 43.6 Å². The highest BCUT2D eigenvalue weighted by molar-refractivity contribution is 5.88. The summed E-state index contributed by atoms with van der Waals surface area (Å²) < 4.78 is 12.6. The first kappa shape index (κ1) is 24.7. The lowest BCUT2D eigenvalue weighted by Crippen LogP contribution is -2.69. The molecule has 2 fully saturated rings. The summed E-state index contributed by atoms with van der Waals surface area (Å²) in [6.07, 6.45) is 4.32. The number of carbonyl (C=O) groups is 2. The number of nitrogens with zero attached hydrogens (tertiary/aromatic N) is 2. The summed E-state index contributed by atoms with van der Waals surface area (Å²) in [7, 11) is 0. The zero-order valence-electron chi connectivity index (χ0n) is 20.1. The normalized spacial score (nSPS) is 22.8. The number of hydrogen-bond acceptors (Lipinski definition) is 5. The van der Waals surface area contributed by atoms with E-state index in [2.05, 4.69) is 17.1 Å². The van der Waals surface area contributed by atoms with Gasteiger partial charge in [-0.05, 0) is 70.8 Å². The second-order valence-corrected chi connectivity index (χ2v) is 8.71. The molecule has 1 heterocycles. The molecule has 1 aromatic rings. The molecule has 1 N–H and O–H groups in total. The van der Waals surface area contributed by atoms with Crippen molar-refractivity contribution < 1.29 is 19.1 Å². The summed E-state index contributed by atoms with van der Waals surface area (Å²) in [6.45, 7) is 11.5. The molecule has 0 bridgehead atoms. The van der Waals surface area contributed by atoms with Crippen molar-refractivity contribution in [1.29, 1.82) is 0 Å². The number of likely N-dealkylation sites (N-methyl/N-ethyl adjacent to an activating group) is 1. The molecule has 1 saturated heterocycles. The number of carbonyl (C=O) groups excluding carboxylic acids is 2. The molecule has 1 saturated carbocycles. The number of ether oxygens (including phenoxy) is 2. The average molecular weight is 446 g/mol. The zero-order chi connectivity index (χ0) is 23.1. The van der Waals surface area contributed by atoms with Crippen molar-refractivity contribution >= 4 is 17.5 Å². The van der Waals surface area contributed by atoms with E-state index in [9.17, 15) is 9.59 Å². The molecule has 0 spiro atoms. The van der Waals surface area contributed by atoms with Gasteiger partial charge < -0.3 is 19.7 Å². The van der Waals surface area contributed by atoms with Crippen LogP contribution in [0.1, 0.15) is 58.9 Å². The zero-order valence-corrected chi connectivity index (χ0v) is 20.1. The van der Waals surface area contributed by atoms with Gasteiger partial charge in [-0.3, -0.25) is 14.5 Å². The number of benzene rings is 1. The largest absolute Gasteiger partial charge is 0.349 e. The van der Waals surface area contributed by atoms with Gasteiger partial charge in [0.1, 0.15) is 0 Å². The summed E-state index contributed by atoms with van der Waals surface area (Å²) >= 11 is 0. The Morgan fingerprint density at radius 1 is 1.09 bits per heavy atom. The minimum atomic E-state index is -0.652. The van der Waals surface area contributed by atoms with Crippen LogP contribution in [-0.4, -0.2) is 72.3 Å². The summed E-state index contributed by atoms with van der Waals surface area (Å²) in [4.78, 5) is 29.2. The molecule has 7 heteroatoms. The predicted molar refractivity (Wildman–Crippen MR) is 125 cm³/mol. The van der Waals surface area contributed by atoms with Crippen LogP contribution in [0.3, 0.4) is 0 Å². The lowest BCUT2D eigenvalue weighted by Gasteiger charge is -2.56. The van der Waals surface area contributed by atoms with Crippen LogP contribution in [0.25, 0.3) is 0 Å². The molecule has 178 valence electrons. The molecule has 7 nitrogen and oxygen atoms in total. The van der Waals surface area contributed by atoms with Crippen molar-refractivity contribution in [2.45, 2.75) is 77.7 Å². The Morgan fingerprint density at radius 2 is 1.75 bits per heavy atom. The highest BCUT2D eigenvalue weighted by atomic mass is 16.7. The quantitative estimate of drug-likeness (QED) is 0.559. The fourth-order valence-corrected chi connectivity index (χ4v) is 5.25. The molecule has 1 aliphatic heterocycles. The van der Waals surface area contributed by atoms with Gasteiger partial charge in [-0.1, -0.05) is 12.1 Å². The highest BCUT2D eigenvalue weighted by Crippen LogP contribution is 2.40. The first-order valence-electron chi connectivity index (χ1n) is 12.1. The molecule has 2 amide bonds. The summed E-state index contributed by atoms with van der Waals surface area (Å²) in [5.41, 5.74) is 1.68. The molecule has 3 rings (SSSR count). The maximum absolute atomic E-state index is 13.5. The third-order valence-corrected chi connectivity index (χ3v) is 6.59. The SMILES string of the molecule is CCOC1(OCC)CCCC(N(CC)C(=O)Cc2ccc(NC(C)=O)cc2)C1N1CCC1. The Morgan fingerprint density at radius 3 is 2.25 bits per heavy atom. The van der Waals surface area contributed by atoms with Crippen molar-refractivity contribution in [2.24, 2.45) is 0 Å². The van der Waals surface area contributed by atoms with Gasteiger partial charge in [0.25, 0.3) is 0 Å². The van der Waals surface area contributed by atoms with Gasteiger partial charge in [0, 0.05) is 38.8 Å². The van der Waals surface area contributed by atoms with Crippen LogP contribution < -0.4 is 5.32 Å². The van der Waals surface area contributed by atoms with Gasteiger partial charge in [-0.15, -0.1) is 0 Å². The Balaban J connectivity index is 1.80. The van der Waals surface area contributed by atoms with Gasteiger partial charge in [0.2, 0.25) is 11.8 Å². The van der Waals surface area contributed by atoms with Crippen LogP contribution in [0.15, 0.2) is 24.3 Å². The van der Waals surface area contributed by atoms with Gasteiger partial charge in [-0.25, -0.2) is 0 Å². The van der Waals surface area contributed by atoms with Gasteiger partial charge in [0.05, 0.1) is 18.5 Å². The summed E-state index contributed by atoms with van der Waals surface area (Å²) in [6, 6.07) is 7.64. The van der Waals surface area contributed by atoms with Crippen LogP contribution in [-0.2, 0) is 25.5 Å². The summed E-state index contributed by atoms with van der Waals surface area (Å²) in [5, 5.41) is 2.77. The molecule has 2 aliphatic rings. The first-order valence-corrected chi connectivity index (χ1v) is 12.1. The monoisotopic (exact) mass is 445 g/mol. The maximum atomic E-state index is 13.5. The first-order chi connectivity index (χ1) is 15.4. The van der Waals surface area contributed by atoms with Gasteiger partial charge >= 0.3 is 0 Å². The van der Waals surface area contributed by atoms with E-state index in [1.165, 1.54) is 13.3 Å². The highest BCUT2D eigenvalue weighted by Gasteiger charge is 2.53. The van der Waals surface area contributed by atoms with E-state index >= 15 is 0 Å². The van der Waals surface area contributed by atoms with Crippen LogP contribution in [0.2, 0.25) is 0 Å². The lowest BCUT2D eigenvalue weighted by atomic mass is 9.81. The molecule has 0 aromatic heterocycles. The standard InChI is InChI=1S/C25H39N3O4/c1-5-28(23(30)18-20-11-13-21(14-12-20)26-19(4)29)22-10-8-15-25(31-6-2,32-7-3)24(22)27-16-9-17-27/h11-14,22,24H,5-10,15-18H2,1-4H3,(H,26,29). The fraction of sp³-hybridized carbons (Fsp3) is 0.680. The Labute approximate surface area is 192 Å². The van der Waals surface area contributed by atoms with E-state index < -0.39 is 5.79 Å². The van der Waals surface area contributed by atoms with Crippen LogP contribution in [0, 0.1) is 0 Å². The minimum absolute atomic E-state index is 0.0518. The topological polar surface area (TPSA) is 71.1 Å². The van der Waals surface area contributed by atoms with E-state index in [1.807, 2.05) is 43.0 Å². The van der Waals surface area contributed by atoms with Crippen molar-refractivity contribution in [3.8, 4) is 0 Å². The molecule has 2 atom stereocenters. The number of hydrogen-bond donors (Lipinski definition) is 1. The predicted octanol–water partition coefficient (Wildman–Crippen LogP) is 3.43. The van der Waals surface area contributed by atoms with Crippen molar-refractivity contribution in [1.82, 2.24) is 9.80 Å². The third kappa shape index (κ3) is 5.50. The number of anilines is 1. The second-order valence-electron chi connectivity index (χ2n) is 8.71. The molecule has 1 aliphatic carbocycles. The van der Waals surface area contributed by atoms with E-state index in [1.54, 1.807) is 0 Å². The van der Waals surface area contributed by atoms with Crippen LogP contribution in [0.5, 0.6) is 0 Å². The van der Waals surface area contributed by atoms with Crippen molar-refractivity contribution in [2.75, 3.05) is 38.2 Å². The van der Waals surface area contributed by atoms with E-state index in [4.69, 9.17) is 9.47 Å². The summed E-state index contributed by atoms with van der Waals surface area (Å²) in [5.74, 6) is -0.632. The third-order valence-electron chi connectivity index (χ3n) is 6.59. The van der Waals surface area contributed by atoms with E-state index in [-0.39, 0.29) is 23.9 Å². The molecule has 0 radical (unpaired) electrons. The van der Waals surface area contributed by atoms with Crippen molar-refractivity contribution in [3.63, 3.8) is 0 Å². The number of amides is 2. The van der Waals surface area contributed by atoms with Crippen LogP contribution in [0.4, 0.5) is 5.69 Å². The number of rotatable bonds is 10. The Hall–Kier alpha value is -1.96. The molecule has 2 unspecified atom stereocenters. The van der Waals surface area contributed by atoms with Gasteiger partial charge in [-0.2, -0.15) is 0 Å². The second kappa shape index (κ2) is 11.3. The maximum Gasteiger partial charge on any atom is 0.227 e. The molecule has 1 aromatic carbocycles.